The van der Waals surface area contributed by atoms with Crippen LogP contribution in [0.5, 0.6) is 5.75 Å². The van der Waals surface area contributed by atoms with E-state index in [1.165, 1.54) is 0 Å². The van der Waals surface area contributed by atoms with Crippen molar-refractivity contribution < 1.29 is 14.6 Å². The molecule has 130 valence electrons. The molecule has 0 fully saturated rings. The molecule has 2 aromatic carbocycles. The van der Waals surface area contributed by atoms with Crippen LogP contribution in [0.1, 0.15) is 28.6 Å². The Balaban J connectivity index is 1.80. The van der Waals surface area contributed by atoms with Crippen LogP contribution in [0.15, 0.2) is 36.4 Å². The molecule has 0 spiro atoms. The molecule has 25 heavy (non-hydrogen) atoms. The molecule has 1 aromatic heterocycles. The number of imidazole rings is 1. The summed E-state index contributed by atoms with van der Waals surface area (Å²) in [7, 11) is 3.67. The Labute approximate surface area is 146 Å². The first-order chi connectivity index (χ1) is 12.1. The zero-order chi connectivity index (χ0) is 17.6. The average molecular weight is 338 g/mol. The molecule has 0 amide bonds. The van der Waals surface area contributed by atoms with Crippen molar-refractivity contribution in [2.45, 2.75) is 32.2 Å². The lowest BCUT2D eigenvalue weighted by Crippen LogP contribution is -2.19. The Morgan fingerprint density at radius 2 is 2.08 bits per heavy atom. The molecule has 1 aliphatic rings. The minimum Gasteiger partial charge on any atom is -0.481 e. The van der Waals surface area contributed by atoms with Gasteiger partial charge in [-0.3, -0.25) is 0 Å². The molecule has 0 aliphatic heterocycles. The lowest BCUT2D eigenvalue weighted by molar-refractivity contribution is 0.0503. The molecular formula is C20H22N2O3. The van der Waals surface area contributed by atoms with Crippen molar-refractivity contribution in [2.75, 3.05) is 7.11 Å². The molecule has 1 heterocycles. The number of aromatic nitrogens is 2. The van der Waals surface area contributed by atoms with E-state index in [4.69, 9.17) is 9.47 Å². The quantitative estimate of drug-likeness (QED) is 0.794. The van der Waals surface area contributed by atoms with Crippen molar-refractivity contribution in [1.29, 1.82) is 0 Å². The third-order valence-electron chi connectivity index (χ3n) is 4.94. The normalized spacial score (nSPS) is 19.4. The fourth-order valence-corrected chi connectivity index (χ4v) is 3.58. The van der Waals surface area contributed by atoms with Gasteiger partial charge in [-0.2, -0.15) is 0 Å². The summed E-state index contributed by atoms with van der Waals surface area (Å²) in [4.78, 5) is 4.65. The third kappa shape index (κ3) is 2.69. The maximum absolute atomic E-state index is 10.5. The molecule has 1 aliphatic carbocycles. The van der Waals surface area contributed by atoms with Gasteiger partial charge in [-0.25, -0.2) is 4.98 Å². The van der Waals surface area contributed by atoms with E-state index in [0.717, 1.165) is 33.5 Å². The van der Waals surface area contributed by atoms with Gasteiger partial charge in [-0.1, -0.05) is 24.3 Å². The van der Waals surface area contributed by atoms with Gasteiger partial charge in [0, 0.05) is 20.6 Å². The van der Waals surface area contributed by atoms with Crippen molar-refractivity contribution >= 4 is 11.0 Å². The summed E-state index contributed by atoms with van der Waals surface area (Å²) in [6.07, 6.45) is -0.314. The second-order valence-electron chi connectivity index (χ2n) is 6.62. The van der Waals surface area contributed by atoms with Crippen molar-refractivity contribution in [1.82, 2.24) is 9.55 Å². The molecule has 4 rings (SSSR count). The standard InChI is InChI=1S/C20H22N2O3/c1-12-21-19-16(22(12)2)8-13(11-24-3)9-18(19)25-20-15-7-5-4-6-14(15)10-17(20)23/h4-9,17,20,23H,10-11H2,1-3H3. The highest BCUT2D eigenvalue weighted by Crippen LogP contribution is 2.38. The largest absolute Gasteiger partial charge is 0.481 e. The van der Waals surface area contributed by atoms with E-state index in [0.29, 0.717) is 18.8 Å². The number of aliphatic hydroxyl groups excluding tert-OH is 1. The van der Waals surface area contributed by atoms with Crippen molar-refractivity contribution in [3.63, 3.8) is 0 Å². The number of fused-ring (bicyclic) bond motifs is 2. The minimum atomic E-state index is -0.552. The van der Waals surface area contributed by atoms with Crippen LogP contribution in [0, 0.1) is 6.92 Å². The van der Waals surface area contributed by atoms with Crippen LogP contribution < -0.4 is 4.74 Å². The summed E-state index contributed by atoms with van der Waals surface area (Å²) in [5, 5.41) is 10.5. The zero-order valence-electron chi connectivity index (χ0n) is 14.7. The van der Waals surface area contributed by atoms with E-state index in [1.54, 1.807) is 7.11 Å². The van der Waals surface area contributed by atoms with Gasteiger partial charge in [0.15, 0.2) is 6.10 Å². The smallest absolute Gasteiger partial charge is 0.150 e. The molecule has 0 bridgehead atoms. The number of ether oxygens (including phenoxy) is 2. The van der Waals surface area contributed by atoms with Crippen LogP contribution in [-0.2, 0) is 24.8 Å². The Hall–Kier alpha value is -2.37. The average Bonchev–Trinajstić information content (AvgIpc) is 3.06. The third-order valence-corrected chi connectivity index (χ3v) is 4.94. The van der Waals surface area contributed by atoms with Gasteiger partial charge < -0.3 is 19.1 Å². The summed E-state index contributed by atoms with van der Waals surface area (Å²) in [6.45, 7) is 2.47. The highest BCUT2D eigenvalue weighted by Gasteiger charge is 2.33. The lowest BCUT2D eigenvalue weighted by atomic mass is 10.1. The first kappa shape index (κ1) is 16.1. The number of rotatable bonds is 4. The van der Waals surface area contributed by atoms with E-state index >= 15 is 0 Å². The maximum Gasteiger partial charge on any atom is 0.150 e. The van der Waals surface area contributed by atoms with Crippen molar-refractivity contribution in [3.8, 4) is 5.75 Å². The Kier molecular flexibility index (Phi) is 3.98. The second kappa shape index (κ2) is 6.17. The minimum absolute atomic E-state index is 0.375. The van der Waals surface area contributed by atoms with Crippen molar-refractivity contribution in [3.05, 3.63) is 58.9 Å². The molecule has 0 radical (unpaired) electrons. The molecule has 5 nitrogen and oxygen atoms in total. The summed E-state index contributed by atoms with van der Waals surface area (Å²) in [5.74, 6) is 1.61. The first-order valence-corrected chi connectivity index (χ1v) is 8.46. The van der Waals surface area contributed by atoms with E-state index in [-0.39, 0.29) is 6.10 Å². The van der Waals surface area contributed by atoms with E-state index in [9.17, 15) is 5.11 Å². The van der Waals surface area contributed by atoms with Crippen LogP contribution in [0.3, 0.4) is 0 Å². The number of benzene rings is 2. The van der Waals surface area contributed by atoms with Crippen LogP contribution in [0.25, 0.3) is 11.0 Å². The van der Waals surface area contributed by atoms with Crippen LogP contribution in [0.4, 0.5) is 0 Å². The van der Waals surface area contributed by atoms with Crippen molar-refractivity contribution in [2.24, 2.45) is 7.05 Å². The molecule has 5 heteroatoms. The maximum atomic E-state index is 10.5. The highest BCUT2D eigenvalue weighted by atomic mass is 16.5. The van der Waals surface area contributed by atoms with E-state index in [1.807, 2.05) is 48.9 Å². The summed E-state index contributed by atoms with van der Waals surface area (Å²) >= 11 is 0. The topological polar surface area (TPSA) is 56.5 Å². The zero-order valence-corrected chi connectivity index (χ0v) is 14.7. The highest BCUT2D eigenvalue weighted by molar-refractivity contribution is 5.83. The van der Waals surface area contributed by atoms with Gasteiger partial charge in [0.2, 0.25) is 0 Å². The van der Waals surface area contributed by atoms with Gasteiger partial charge in [-0.15, -0.1) is 0 Å². The monoisotopic (exact) mass is 338 g/mol. The van der Waals surface area contributed by atoms with Gasteiger partial charge in [0.25, 0.3) is 0 Å². The van der Waals surface area contributed by atoms with Crippen LogP contribution in [0.2, 0.25) is 0 Å². The SMILES string of the molecule is COCc1cc(OC2c3ccccc3CC2O)c2nc(C)n(C)c2c1. The molecule has 2 atom stereocenters. The summed E-state index contributed by atoms with van der Waals surface area (Å²) in [5.41, 5.74) is 5.03. The number of aryl methyl sites for hydroxylation is 2. The number of hydrogen-bond acceptors (Lipinski definition) is 4. The second-order valence-corrected chi connectivity index (χ2v) is 6.62. The molecular weight excluding hydrogens is 316 g/mol. The fraction of sp³-hybridized carbons (Fsp3) is 0.350. The Morgan fingerprint density at radius 1 is 1.28 bits per heavy atom. The van der Waals surface area contributed by atoms with Gasteiger partial charge >= 0.3 is 0 Å². The Bertz CT molecular complexity index is 932. The number of methoxy groups -OCH3 is 1. The first-order valence-electron chi connectivity index (χ1n) is 8.46. The fourth-order valence-electron chi connectivity index (χ4n) is 3.58. The van der Waals surface area contributed by atoms with E-state index < -0.39 is 6.10 Å². The molecule has 2 unspecified atom stereocenters. The van der Waals surface area contributed by atoms with Gasteiger partial charge in [0.1, 0.15) is 17.1 Å². The van der Waals surface area contributed by atoms with Crippen LogP contribution in [-0.4, -0.2) is 27.9 Å². The summed E-state index contributed by atoms with van der Waals surface area (Å²) in [6, 6.07) is 12.1. The molecule has 1 N–H and O–H groups in total. The number of nitrogens with zero attached hydrogens (tertiary/aromatic N) is 2. The lowest BCUT2D eigenvalue weighted by Gasteiger charge is -2.19. The number of hydrogen-bond donors (Lipinski definition) is 1. The number of aliphatic hydroxyl groups is 1. The summed E-state index contributed by atoms with van der Waals surface area (Å²) < 4.78 is 13.6. The Morgan fingerprint density at radius 3 is 2.88 bits per heavy atom. The van der Waals surface area contributed by atoms with E-state index in [2.05, 4.69) is 11.1 Å². The molecule has 3 aromatic rings. The molecule has 0 saturated heterocycles. The van der Waals surface area contributed by atoms with Crippen LogP contribution >= 0.6 is 0 Å². The molecule has 0 saturated carbocycles. The predicted octanol–water partition coefficient (Wildman–Crippen LogP) is 3.07. The predicted molar refractivity (Wildman–Crippen MR) is 95.7 cm³/mol. The van der Waals surface area contributed by atoms with Gasteiger partial charge in [-0.05, 0) is 35.7 Å². The van der Waals surface area contributed by atoms with Gasteiger partial charge in [0.05, 0.1) is 18.2 Å².